The normalized spacial score (nSPS) is 22.1. The summed E-state index contributed by atoms with van der Waals surface area (Å²) in [4.78, 5) is 25.4. The molecule has 104 valence electrons. The van der Waals surface area contributed by atoms with E-state index in [1.54, 1.807) is 11.9 Å². The lowest BCUT2D eigenvalue weighted by Gasteiger charge is -2.31. The first-order valence-electron chi connectivity index (χ1n) is 6.79. The average molecular weight is 263 g/mol. The van der Waals surface area contributed by atoms with Crippen LogP contribution < -0.4 is 10.6 Å². The van der Waals surface area contributed by atoms with Gasteiger partial charge in [0.1, 0.15) is 0 Å². The zero-order chi connectivity index (χ0) is 13.7. The maximum absolute atomic E-state index is 12.1. The van der Waals surface area contributed by atoms with Gasteiger partial charge in [-0.3, -0.25) is 4.79 Å². The van der Waals surface area contributed by atoms with E-state index in [-0.39, 0.29) is 17.9 Å². The fourth-order valence-corrected chi connectivity index (χ4v) is 2.50. The van der Waals surface area contributed by atoms with Crippen LogP contribution >= 0.6 is 0 Å². The van der Waals surface area contributed by atoms with Crippen LogP contribution in [-0.2, 0) is 4.79 Å². The Morgan fingerprint density at radius 3 is 3.00 bits per heavy atom. The summed E-state index contributed by atoms with van der Waals surface area (Å²) in [6, 6.07) is -0.0970. The van der Waals surface area contributed by atoms with Crippen molar-refractivity contribution < 1.29 is 9.59 Å². The topological polar surface area (TPSA) is 61.4 Å². The fourth-order valence-electron chi connectivity index (χ4n) is 2.50. The number of rotatable bonds is 3. The maximum Gasteiger partial charge on any atom is 0.317 e. The smallest absolute Gasteiger partial charge is 0.317 e. The van der Waals surface area contributed by atoms with Crippen molar-refractivity contribution in [3.63, 3.8) is 0 Å². The van der Waals surface area contributed by atoms with Crippen molar-refractivity contribution in [2.45, 2.75) is 19.3 Å². The molecule has 2 aliphatic rings. The molecule has 0 radical (unpaired) electrons. The van der Waals surface area contributed by atoms with E-state index >= 15 is 0 Å². The molecule has 1 atom stereocenters. The Kier molecular flexibility index (Phi) is 4.60. The molecule has 1 unspecified atom stereocenters. The number of amides is 3. The molecule has 5 nitrogen and oxygen atoms in total. The van der Waals surface area contributed by atoms with E-state index < -0.39 is 0 Å². The van der Waals surface area contributed by atoms with Gasteiger partial charge in [0.15, 0.2) is 0 Å². The van der Waals surface area contributed by atoms with E-state index in [1.807, 2.05) is 12.2 Å². The van der Waals surface area contributed by atoms with E-state index in [2.05, 4.69) is 16.7 Å². The predicted molar refractivity (Wildman–Crippen MR) is 73.6 cm³/mol. The molecule has 0 saturated carbocycles. The molecule has 0 bridgehead atoms. The molecule has 0 aromatic rings. The van der Waals surface area contributed by atoms with Crippen LogP contribution in [0.2, 0.25) is 0 Å². The van der Waals surface area contributed by atoms with Gasteiger partial charge in [-0.25, -0.2) is 4.79 Å². The molecule has 1 heterocycles. The fraction of sp³-hybridized carbons (Fsp3) is 0.571. The van der Waals surface area contributed by atoms with E-state index in [0.717, 1.165) is 25.8 Å². The lowest BCUT2D eigenvalue weighted by atomic mass is 9.97. The molecule has 2 N–H and O–H groups in total. The van der Waals surface area contributed by atoms with Crippen molar-refractivity contribution in [3.8, 4) is 0 Å². The van der Waals surface area contributed by atoms with Crippen LogP contribution in [0.4, 0.5) is 4.79 Å². The molecule has 2 rings (SSSR count). The zero-order valence-electron chi connectivity index (χ0n) is 11.3. The predicted octanol–water partition coefficient (Wildman–Crippen LogP) is 1.04. The van der Waals surface area contributed by atoms with Gasteiger partial charge in [-0.2, -0.15) is 0 Å². The van der Waals surface area contributed by atoms with Crippen LogP contribution in [0.25, 0.3) is 0 Å². The van der Waals surface area contributed by atoms with Gasteiger partial charge < -0.3 is 15.5 Å². The highest BCUT2D eigenvalue weighted by Crippen LogP contribution is 2.17. The van der Waals surface area contributed by atoms with E-state index in [4.69, 9.17) is 0 Å². The van der Waals surface area contributed by atoms with E-state index in [1.165, 1.54) is 5.57 Å². The highest BCUT2D eigenvalue weighted by Gasteiger charge is 2.27. The molecular formula is C14H21N3O2. The Hall–Kier alpha value is -1.78. The zero-order valence-corrected chi connectivity index (χ0v) is 11.3. The molecule has 19 heavy (non-hydrogen) atoms. The Balaban J connectivity index is 1.79. The first kappa shape index (κ1) is 13.6. The number of nitrogens with zero attached hydrogens (tertiary/aromatic N) is 1. The Labute approximate surface area is 113 Å². The summed E-state index contributed by atoms with van der Waals surface area (Å²) in [5.74, 6) is -0.0255. The van der Waals surface area contributed by atoms with Gasteiger partial charge >= 0.3 is 6.03 Å². The third kappa shape index (κ3) is 3.59. The van der Waals surface area contributed by atoms with Gasteiger partial charge in [0.25, 0.3) is 0 Å². The monoisotopic (exact) mass is 263 g/mol. The van der Waals surface area contributed by atoms with Crippen LogP contribution in [0.5, 0.6) is 0 Å². The number of urea groups is 1. The van der Waals surface area contributed by atoms with Gasteiger partial charge in [0, 0.05) is 26.7 Å². The van der Waals surface area contributed by atoms with Crippen LogP contribution in [0.15, 0.2) is 23.8 Å². The molecule has 0 aromatic heterocycles. The summed E-state index contributed by atoms with van der Waals surface area (Å²) in [5, 5.41) is 5.58. The minimum atomic E-state index is -0.0970. The number of carbonyl (C=O) groups is 2. The second kappa shape index (κ2) is 6.41. The lowest BCUT2D eigenvalue weighted by molar-refractivity contribution is -0.126. The summed E-state index contributed by atoms with van der Waals surface area (Å²) in [5.41, 5.74) is 1.23. The largest absolute Gasteiger partial charge is 0.352 e. The standard InChI is InChI=1S/C14H21N3O2/c1-15-14(19)17-8-4-7-12(10-17)13(18)16-9-11-5-2-3-6-11/h2-3,5,12H,4,6-10H2,1H3,(H,15,19)(H,16,18). The van der Waals surface area contributed by atoms with E-state index in [9.17, 15) is 9.59 Å². The quantitative estimate of drug-likeness (QED) is 0.799. The number of carbonyl (C=O) groups excluding carboxylic acids is 2. The van der Waals surface area contributed by atoms with Crippen LogP contribution in [0, 0.1) is 5.92 Å². The Morgan fingerprint density at radius 2 is 2.32 bits per heavy atom. The van der Waals surface area contributed by atoms with Crippen molar-refractivity contribution in [2.24, 2.45) is 5.92 Å². The van der Waals surface area contributed by atoms with Crippen LogP contribution in [0.1, 0.15) is 19.3 Å². The molecule has 1 saturated heterocycles. The van der Waals surface area contributed by atoms with Gasteiger partial charge in [-0.1, -0.05) is 18.2 Å². The number of piperidine rings is 1. The highest BCUT2D eigenvalue weighted by molar-refractivity contribution is 5.81. The molecule has 0 spiro atoms. The minimum absolute atomic E-state index is 0.0569. The summed E-state index contributed by atoms with van der Waals surface area (Å²) in [6.45, 7) is 1.86. The average Bonchev–Trinajstić information content (AvgIpc) is 2.97. The molecular weight excluding hydrogens is 242 g/mol. The molecule has 1 fully saturated rings. The number of hydrogen-bond acceptors (Lipinski definition) is 2. The molecule has 1 aliphatic carbocycles. The molecule has 5 heteroatoms. The second-order valence-corrected chi connectivity index (χ2v) is 5.02. The van der Waals surface area contributed by atoms with Gasteiger partial charge in [0.2, 0.25) is 5.91 Å². The number of allylic oxidation sites excluding steroid dienone is 3. The number of nitrogens with one attached hydrogen (secondary N) is 2. The second-order valence-electron chi connectivity index (χ2n) is 5.02. The molecule has 3 amide bonds. The van der Waals surface area contributed by atoms with Crippen molar-refractivity contribution in [2.75, 3.05) is 26.7 Å². The molecule has 0 aromatic carbocycles. The Bertz CT molecular complexity index is 415. The summed E-state index contributed by atoms with van der Waals surface area (Å²) >= 11 is 0. The summed E-state index contributed by atoms with van der Waals surface area (Å²) < 4.78 is 0. The van der Waals surface area contributed by atoms with Gasteiger partial charge in [0.05, 0.1) is 5.92 Å². The van der Waals surface area contributed by atoms with Crippen LogP contribution in [0.3, 0.4) is 0 Å². The lowest BCUT2D eigenvalue weighted by Crippen LogP contribution is -2.48. The van der Waals surface area contributed by atoms with Crippen molar-refractivity contribution in [3.05, 3.63) is 23.8 Å². The van der Waals surface area contributed by atoms with Crippen molar-refractivity contribution in [1.29, 1.82) is 0 Å². The Morgan fingerprint density at radius 1 is 1.47 bits per heavy atom. The summed E-state index contributed by atoms with van der Waals surface area (Å²) in [6.07, 6.45) is 8.80. The minimum Gasteiger partial charge on any atom is -0.352 e. The highest BCUT2D eigenvalue weighted by atomic mass is 16.2. The first-order chi connectivity index (χ1) is 9.20. The number of likely N-dealkylation sites (tertiary alicyclic amines) is 1. The van der Waals surface area contributed by atoms with Crippen molar-refractivity contribution >= 4 is 11.9 Å². The first-order valence-corrected chi connectivity index (χ1v) is 6.79. The van der Waals surface area contributed by atoms with Gasteiger partial charge in [-0.15, -0.1) is 0 Å². The summed E-state index contributed by atoms with van der Waals surface area (Å²) in [7, 11) is 1.62. The third-order valence-corrected chi connectivity index (χ3v) is 3.63. The SMILES string of the molecule is CNC(=O)N1CCCC(C(=O)NCC2=CC=CC2)C1. The third-order valence-electron chi connectivity index (χ3n) is 3.63. The van der Waals surface area contributed by atoms with Crippen LogP contribution in [-0.4, -0.2) is 43.5 Å². The number of hydrogen-bond donors (Lipinski definition) is 2. The van der Waals surface area contributed by atoms with Gasteiger partial charge in [-0.05, 0) is 24.8 Å². The van der Waals surface area contributed by atoms with E-state index in [0.29, 0.717) is 13.1 Å². The van der Waals surface area contributed by atoms with Crippen molar-refractivity contribution in [1.82, 2.24) is 15.5 Å². The molecule has 1 aliphatic heterocycles. The maximum atomic E-state index is 12.1.